The van der Waals surface area contributed by atoms with Crippen LogP contribution in [0, 0.1) is 0 Å². The molecule has 0 aliphatic carbocycles. The standard InChI is InChI=1S/C42H82O/c1-3-5-7-9-11-13-15-17-19-20-21-22-23-24-25-27-29-31-33-35-37-39-41-42(43)40-38-36-34-32-30-28-26-18-16-14-12-10-8-6-4-2/h18,26,39,41-43H,3-17,19-25,27-38,40H2,1-2H3/b26-18-,41-39?. The van der Waals surface area contributed by atoms with Crippen molar-refractivity contribution < 1.29 is 5.11 Å². The van der Waals surface area contributed by atoms with Gasteiger partial charge in [0.1, 0.15) is 0 Å². The SMILES string of the molecule is CCCCCCCC/C=C\CCCCCCCC(O)C=CCCCCCCCCCCCCCCCCCCCCCC. The molecule has 0 saturated carbocycles. The lowest BCUT2D eigenvalue weighted by Gasteiger charge is -2.05. The maximum absolute atomic E-state index is 10.2. The van der Waals surface area contributed by atoms with Crippen LogP contribution >= 0.6 is 0 Å². The van der Waals surface area contributed by atoms with Gasteiger partial charge in [0.15, 0.2) is 0 Å². The second-order valence-electron chi connectivity index (χ2n) is 13.9. The van der Waals surface area contributed by atoms with Crippen LogP contribution < -0.4 is 0 Å². The van der Waals surface area contributed by atoms with Gasteiger partial charge in [-0.15, -0.1) is 0 Å². The van der Waals surface area contributed by atoms with Crippen molar-refractivity contribution in [3.8, 4) is 0 Å². The summed E-state index contributed by atoms with van der Waals surface area (Å²) in [6.45, 7) is 4.59. The van der Waals surface area contributed by atoms with Crippen LogP contribution in [0.3, 0.4) is 0 Å². The zero-order chi connectivity index (χ0) is 31.2. The van der Waals surface area contributed by atoms with Gasteiger partial charge in [0.25, 0.3) is 0 Å². The van der Waals surface area contributed by atoms with Crippen LogP contribution in [-0.2, 0) is 0 Å². The first-order valence-electron chi connectivity index (χ1n) is 20.3. The van der Waals surface area contributed by atoms with Crippen molar-refractivity contribution in [1.82, 2.24) is 0 Å². The second-order valence-corrected chi connectivity index (χ2v) is 13.9. The summed E-state index contributed by atoms with van der Waals surface area (Å²) in [5.41, 5.74) is 0. The van der Waals surface area contributed by atoms with Gasteiger partial charge < -0.3 is 5.11 Å². The molecule has 1 heteroatoms. The Morgan fingerprint density at radius 1 is 0.326 bits per heavy atom. The Labute approximate surface area is 273 Å². The number of rotatable bonds is 37. The molecule has 0 spiro atoms. The van der Waals surface area contributed by atoms with E-state index in [0.717, 1.165) is 12.8 Å². The summed E-state index contributed by atoms with van der Waals surface area (Å²) < 4.78 is 0. The molecule has 0 rings (SSSR count). The van der Waals surface area contributed by atoms with Gasteiger partial charge in [-0.05, 0) is 44.9 Å². The highest BCUT2D eigenvalue weighted by Crippen LogP contribution is 2.16. The van der Waals surface area contributed by atoms with Crippen molar-refractivity contribution in [2.24, 2.45) is 0 Å². The Morgan fingerprint density at radius 2 is 0.581 bits per heavy atom. The molecule has 0 radical (unpaired) electrons. The second kappa shape index (κ2) is 39.5. The van der Waals surface area contributed by atoms with Crippen LogP contribution in [-0.4, -0.2) is 11.2 Å². The van der Waals surface area contributed by atoms with Crippen LogP contribution in [0.5, 0.6) is 0 Å². The number of hydrogen-bond acceptors (Lipinski definition) is 1. The van der Waals surface area contributed by atoms with Gasteiger partial charge in [-0.1, -0.05) is 218 Å². The van der Waals surface area contributed by atoms with E-state index in [0.29, 0.717) is 0 Å². The third-order valence-electron chi connectivity index (χ3n) is 9.34. The van der Waals surface area contributed by atoms with Gasteiger partial charge in [0.05, 0.1) is 6.10 Å². The Balaban J connectivity index is 3.23. The largest absolute Gasteiger partial charge is 0.389 e. The van der Waals surface area contributed by atoms with E-state index in [1.165, 1.54) is 212 Å². The summed E-state index contributed by atoms with van der Waals surface area (Å²) in [7, 11) is 0. The highest BCUT2D eigenvalue weighted by Gasteiger charge is 1.99. The molecule has 0 amide bonds. The van der Waals surface area contributed by atoms with E-state index >= 15 is 0 Å². The predicted octanol–water partition coefficient (Wildman–Crippen LogP) is 15.2. The van der Waals surface area contributed by atoms with Gasteiger partial charge >= 0.3 is 0 Å². The fourth-order valence-corrected chi connectivity index (χ4v) is 6.29. The normalized spacial score (nSPS) is 12.7. The molecule has 0 aromatic carbocycles. The molecule has 0 aromatic rings. The Hall–Kier alpha value is -0.560. The van der Waals surface area contributed by atoms with Gasteiger partial charge in [0.2, 0.25) is 0 Å². The molecular formula is C42H82O. The van der Waals surface area contributed by atoms with Crippen LogP contribution in [0.15, 0.2) is 24.3 Å². The number of hydrogen-bond donors (Lipinski definition) is 1. The van der Waals surface area contributed by atoms with E-state index in [2.05, 4.69) is 38.2 Å². The number of unbranched alkanes of at least 4 members (excludes halogenated alkanes) is 31. The molecule has 1 nitrogen and oxygen atoms in total. The van der Waals surface area contributed by atoms with E-state index in [1.54, 1.807) is 0 Å². The predicted molar refractivity (Wildman–Crippen MR) is 197 cm³/mol. The minimum absolute atomic E-state index is 0.227. The van der Waals surface area contributed by atoms with E-state index in [-0.39, 0.29) is 6.10 Å². The molecule has 0 saturated heterocycles. The molecule has 0 aliphatic rings. The monoisotopic (exact) mass is 603 g/mol. The third kappa shape index (κ3) is 39.4. The summed E-state index contributed by atoms with van der Waals surface area (Å²) in [6.07, 6.45) is 57.0. The Morgan fingerprint density at radius 3 is 0.907 bits per heavy atom. The topological polar surface area (TPSA) is 20.2 Å². The van der Waals surface area contributed by atoms with Gasteiger partial charge in [-0.3, -0.25) is 0 Å². The van der Waals surface area contributed by atoms with Crippen LogP contribution in [0.25, 0.3) is 0 Å². The smallest absolute Gasteiger partial charge is 0.0720 e. The zero-order valence-electron chi connectivity index (χ0n) is 30.1. The molecule has 0 heterocycles. The number of aliphatic hydroxyl groups is 1. The van der Waals surface area contributed by atoms with E-state index < -0.39 is 0 Å². The molecule has 1 N–H and O–H groups in total. The minimum atomic E-state index is -0.227. The summed E-state index contributed by atoms with van der Waals surface area (Å²) >= 11 is 0. The summed E-state index contributed by atoms with van der Waals surface area (Å²) in [4.78, 5) is 0. The van der Waals surface area contributed by atoms with Crippen molar-refractivity contribution in [2.75, 3.05) is 0 Å². The fourth-order valence-electron chi connectivity index (χ4n) is 6.29. The third-order valence-corrected chi connectivity index (χ3v) is 9.34. The van der Waals surface area contributed by atoms with Crippen LogP contribution in [0.2, 0.25) is 0 Å². The first-order chi connectivity index (χ1) is 21.3. The van der Waals surface area contributed by atoms with Gasteiger partial charge in [-0.2, -0.15) is 0 Å². The molecule has 256 valence electrons. The molecule has 1 atom stereocenters. The molecule has 0 fully saturated rings. The molecule has 0 aliphatic heterocycles. The van der Waals surface area contributed by atoms with Crippen molar-refractivity contribution in [3.05, 3.63) is 24.3 Å². The molecule has 43 heavy (non-hydrogen) atoms. The number of aliphatic hydroxyl groups excluding tert-OH is 1. The lowest BCUT2D eigenvalue weighted by atomic mass is 10.0. The lowest BCUT2D eigenvalue weighted by molar-refractivity contribution is 0.207. The first kappa shape index (κ1) is 42.4. The Kier molecular flexibility index (Phi) is 39.0. The summed E-state index contributed by atoms with van der Waals surface area (Å²) in [5, 5.41) is 10.2. The van der Waals surface area contributed by atoms with Gasteiger partial charge in [-0.25, -0.2) is 0 Å². The van der Waals surface area contributed by atoms with Gasteiger partial charge in [0, 0.05) is 0 Å². The maximum Gasteiger partial charge on any atom is 0.0720 e. The molecule has 1 unspecified atom stereocenters. The minimum Gasteiger partial charge on any atom is -0.389 e. The van der Waals surface area contributed by atoms with Crippen LogP contribution in [0.4, 0.5) is 0 Å². The van der Waals surface area contributed by atoms with Crippen molar-refractivity contribution in [1.29, 1.82) is 0 Å². The highest BCUT2D eigenvalue weighted by atomic mass is 16.3. The van der Waals surface area contributed by atoms with E-state index in [1.807, 2.05) is 0 Å². The van der Waals surface area contributed by atoms with Crippen molar-refractivity contribution in [2.45, 2.75) is 245 Å². The van der Waals surface area contributed by atoms with E-state index in [9.17, 15) is 5.11 Å². The highest BCUT2D eigenvalue weighted by molar-refractivity contribution is 4.88. The molecule has 0 aromatic heterocycles. The van der Waals surface area contributed by atoms with Crippen molar-refractivity contribution in [3.63, 3.8) is 0 Å². The average Bonchev–Trinajstić information content (AvgIpc) is 3.01. The lowest BCUT2D eigenvalue weighted by Crippen LogP contribution is -2.01. The quantitative estimate of drug-likeness (QED) is 0.0554. The first-order valence-corrected chi connectivity index (χ1v) is 20.3. The Bertz CT molecular complexity index is 535. The summed E-state index contributed by atoms with van der Waals surface area (Å²) in [5.74, 6) is 0. The average molecular weight is 603 g/mol. The fraction of sp³-hybridized carbons (Fsp3) is 0.905. The molecule has 0 bridgehead atoms. The zero-order valence-corrected chi connectivity index (χ0v) is 30.1. The maximum atomic E-state index is 10.2. The summed E-state index contributed by atoms with van der Waals surface area (Å²) in [6, 6.07) is 0. The molecular weight excluding hydrogens is 520 g/mol. The number of allylic oxidation sites excluding steroid dienone is 3. The van der Waals surface area contributed by atoms with Crippen molar-refractivity contribution >= 4 is 0 Å². The van der Waals surface area contributed by atoms with Crippen LogP contribution in [0.1, 0.15) is 239 Å². The van der Waals surface area contributed by atoms with E-state index in [4.69, 9.17) is 0 Å².